The van der Waals surface area contributed by atoms with E-state index in [4.69, 9.17) is 16.3 Å². The van der Waals surface area contributed by atoms with Gasteiger partial charge in [-0.2, -0.15) is 0 Å². The van der Waals surface area contributed by atoms with Crippen LogP contribution in [0.5, 0.6) is 0 Å². The molecular weight excluding hydrogens is 212 g/mol. The van der Waals surface area contributed by atoms with Crippen LogP contribution in [0.4, 0.5) is 0 Å². The fourth-order valence-electron chi connectivity index (χ4n) is 4.18. The van der Waals surface area contributed by atoms with Gasteiger partial charge in [0.05, 0.1) is 6.61 Å². The molecule has 3 heteroatoms. The number of ether oxygens (including phenoxy) is 1. The standard InChI is InChI=1S/C12H17ClO2/c13-6-15-5-11-8-1-7-2-9(4-8)12(14)10(11)3-7/h7-11H,1-6H2. The summed E-state index contributed by atoms with van der Waals surface area (Å²) >= 11 is 5.54. The predicted molar refractivity (Wildman–Crippen MR) is 57.6 cm³/mol. The lowest BCUT2D eigenvalue weighted by Crippen LogP contribution is -2.52. The lowest BCUT2D eigenvalue weighted by molar-refractivity contribution is -0.149. The SMILES string of the molecule is O=C1C2CC3CC(C2)C(COCCl)C1C3. The zero-order valence-electron chi connectivity index (χ0n) is 8.82. The molecule has 0 N–H and O–H groups in total. The van der Waals surface area contributed by atoms with Crippen molar-refractivity contribution in [2.45, 2.75) is 25.7 Å². The molecule has 0 saturated heterocycles. The highest BCUT2D eigenvalue weighted by Gasteiger charge is 2.52. The molecule has 4 aliphatic carbocycles. The van der Waals surface area contributed by atoms with E-state index in [9.17, 15) is 4.79 Å². The zero-order chi connectivity index (χ0) is 10.4. The fourth-order valence-corrected chi connectivity index (χ4v) is 4.27. The van der Waals surface area contributed by atoms with E-state index in [0.717, 1.165) is 24.7 Å². The van der Waals surface area contributed by atoms with Gasteiger partial charge in [0.25, 0.3) is 0 Å². The van der Waals surface area contributed by atoms with E-state index in [0.29, 0.717) is 30.1 Å². The molecule has 0 aliphatic heterocycles. The summed E-state index contributed by atoms with van der Waals surface area (Å²) in [6.07, 6.45) is 4.76. The highest BCUT2D eigenvalue weighted by molar-refractivity contribution is 6.17. The molecule has 4 rings (SSSR count). The van der Waals surface area contributed by atoms with Crippen LogP contribution >= 0.6 is 11.6 Å². The van der Waals surface area contributed by atoms with E-state index in [1.54, 1.807) is 0 Å². The molecule has 0 aromatic heterocycles. The number of halogens is 1. The summed E-state index contributed by atoms with van der Waals surface area (Å²) in [6.45, 7) is 0.698. The molecule has 0 spiro atoms. The van der Waals surface area contributed by atoms with E-state index < -0.39 is 0 Å². The predicted octanol–water partition coefficient (Wildman–Crippen LogP) is 2.45. The minimum atomic E-state index is 0.261. The molecule has 4 fully saturated rings. The Balaban J connectivity index is 1.77. The van der Waals surface area contributed by atoms with Crippen LogP contribution in [-0.4, -0.2) is 18.5 Å². The summed E-state index contributed by atoms with van der Waals surface area (Å²) in [6, 6.07) is 0.261. The van der Waals surface area contributed by atoms with E-state index in [1.807, 2.05) is 0 Å². The Morgan fingerprint density at radius 3 is 2.93 bits per heavy atom. The number of alkyl halides is 1. The Morgan fingerprint density at radius 1 is 1.27 bits per heavy atom. The quantitative estimate of drug-likeness (QED) is 0.694. The average molecular weight is 229 g/mol. The maximum absolute atomic E-state index is 12.1. The smallest absolute Gasteiger partial charge is 0.139 e. The van der Waals surface area contributed by atoms with Gasteiger partial charge in [0.15, 0.2) is 0 Å². The first kappa shape index (κ1) is 10.1. The molecule has 4 bridgehead atoms. The van der Waals surface area contributed by atoms with Crippen LogP contribution in [0, 0.1) is 29.6 Å². The molecule has 5 atom stereocenters. The summed E-state index contributed by atoms with van der Waals surface area (Å²) < 4.78 is 5.32. The van der Waals surface area contributed by atoms with Crippen molar-refractivity contribution in [3.05, 3.63) is 0 Å². The minimum Gasteiger partial charge on any atom is -0.365 e. The van der Waals surface area contributed by atoms with Gasteiger partial charge in [0, 0.05) is 11.8 Å². The highest BCUT2D eigenvalue weighted by atomic mass is 35.5. The van der Waals surface area contributed by atoms with Crippen molar-refractivity contribution >= 4 is 17.4 Å². The molecule has 84 valence electrons. The minimum absolute atomic E-state index is 0.261. The van der Waals surface area contributed by atoms with Gasteiger partial charge >= 0.3 is 0 Å². The number of hydrogen-bond donors (Lipinski definition) is 0. The molecule has 4 saturated carbocycles. The zero-order valence-corrected chi connectivity index (χ0v) is 9.58. The Bertz CT molecular complexity index is 279. The number of carbonyl (C=O) groups excluding carboxylic acids is 1. The first-order chi connectivity index (χ1) is 7.29. The second-order valence-corrected chi connectivity index (χ2v) is 5.64. The van der Waals surface area contributed by atoms with E-state index >= 15 is 0 Å². The normalized spacial score (nSPS) is 47.5. The van der Waals surface area contributed by atoms with Crippen LogP contribution in [0.2, 0.25) is 0 Å². The van der Waals surface area contributed by atoms with Crippen LogP contribution in [0.1, 0.15) is 25.7 Å². The third kappa shape index (κ3) is 1.53. The molecule has 15 heavy (non-hydrogen) atoms. The van der Waals surface area contributed by atoms with Gasteiger partial charge in [0.2, 0.25) is 0 Å². The molecule has 0 aromatic carbocycles. The number of rotatable bonds is 3. The van der Waals surface area contributed by atoms with E-state index in [1.165, 1.54) is 12.8 Å². The summed E-state index contributed by atoms with van der Waals surface area (Å²) in [5, 5.41) is 0. The van der Waals surface area contributed by atoms with Crippen molar-refractivity contribution in [2.75, 3.05) is 12.7 Å². The molecule has 0 heterocycles. The first-order valence-corrected chi connectivity index (χ1v) is 6.50. The van der Waals surface area contributed by atoms with Crippen molar-refractivity contribution in [3.8, 4) is 0 Å². The van der Waals surface area contributed by atoms with Crippen LogP contribution < -0.4 is 0 Å². The maximum atomic E-state index is 12.1. The molecule has 0 aromatic rings. The topological polar surface area (TPSA) is 26.3 Å². The summed E-state index contributed by atoms with van der Waals surface area (Å²) in [4.78, 5) is 12.1. The molecule has 4 aliphatic rings. The maximum Gasteiger partial charge on any atom is 0.139 e. The van der Waals surface area contributed by atoms with Crippen molar-refractivity contribution in [1.29, 1.82) is 0 Å². The van der Waals surface area contributed by atoms with Gasteiger partial charge in [-0.3, -0.25) is 4.79 Å². The molecule has 0 amide bonds. The lowest BCUT2D eigenvalue weighted by atomic mass is 9.51. The largest absolute Gasteiger partial charge is 0.365 e. The molecule has 5 unspecified atom stereocenters. The van der Waals surface area contributed by atoms with Crippen LogP contribution in [0.3, 0.4) is 0 Å². The lowest BCUT2D eigenvalue weighted by Gasteiger charge is -2.53. The van der Waals surface area contributed by atoms with Crippen LogP contribution in [-0.2, 0) is 9.53 Å². The highest BCUT2D eigenvalue weighted by Crippen LogP contribution is 2.54. The van der Waals surface area contributed by atoms with E-state index in [-0.39, 0.29) is 6.07 Å². The third-order valence-electron chi connectivity index (χ3n) is 4.71. The Labute approximate surface area is 95.3 Å². The Morgan fingerprint density at radius 2 is 2.13 bits per heavy atom. The third-order valence-corrected chi connectivity index (χ3v) is 4.86. The van der Waals surface area contributed by atoms with Gasteiger partial charge < -0.3 is 4.74 Å². The van der Waals surface area contributed by atoms with Gasteiger partial charge in [-0.25, -0.2) is 0 Å². The second-order valence-electron chi connectivity index (χ2n) is 5.42. The molecule has 2 nitrogen and oxygen atoms in total. The second kappa shape index (κ2) is 3.74. The van der Waals surface area contributed by atoms with Crippen molar-refractivity contribution in [3.63, 3.8) is 0 Å². The van der Waals surface area contributed by atoms with Crippen LogP contribution in [0.15, 0.2) is 0 Å². The van der Waals surface area contributed by atoms with Gasteiger partial charge in [-0.05, 0) is 43.4 Å². The number of hydrogen-bond acceptors (Lipinski definition) is 2. The van der Waals surface area contributed by atoms with Crippen LogP contribution in [0.25, 0.3) is 0 Å². The summed E-state index contributed by atoms with van der Waals surface area (Å²) in [7, 11) is 0. The average Bonchev–Trinajstić information content (AvgIpc) is 2.24. The van der Waals surface area contributed by atoms with Gasteiger partial charge in [0.1, 0.15) is 11.8 Å². The van der Waals surface area contributed by atoms with Gasteiger partial charge in [-0.15, -0.1) is 0 Å². The van der Waals surface area contributed by atoms with Gasteiger partial charge in [-0.1, -0.05) is 11.6 Å². The summed E-state index contributed by atoms with van der Waals surface area (Å²) in [5.74, 6) is 3.30. The monoisotopic (exact) mass is 228 g/mol. The van der Waals surface area contributed by atoms with Crippen molar-refractivity contribution < 1.29 is 9.53 Å². The number of carbonyl (C=O) groups is 1. The van der Waals surface area contributed by atoms with Crippen molar-refractivity contribution in [1.82, 2.24) is 0 Å². The first-order valence-electron chi connectivity index (χ1n) is 5.97. The fraction of sp³-hybridized carbons (Fsp3) is 0.917. The number of Topliss-reactive ketones (excluding diaryl/α,β-unsaturated/α-hetero) is 1. The Kier molecular flexibility index (Phi) is 2.52. The van der Waals surface area contributed by atoms with E-state index in [2.05, 4.69) is 0 Å². The summed E-state index contributed by atoms with van der Waals surface area (Å²) in [5.41, 5.74) is 0. The molecule has 0 radical (unpaired) electrons. The molecular formula is C12H17ClO2. The number of ketones is 1. The van der Waals surface area contributed by atoms with Crippen molar-refractivity contribution in [2.24, 2.45) is 29.6 Å². The Hall–Kier alpha value is -0.0800.